The van der Waals surface area contributed by atoms with Crippen molar-refractivity contribution in [1.29, 1.82) is 0 Å². The van der Waals surface area contributed by atoms with E-state index >= 15 is 0 Å². The second kappa shape index (κ2) is 9.90. The second-order valence-electron chi connectivity index (χ2n) is 8.16. The Morgan fingerprint density at radius 3 is 2.32 bits per heavy atom. The molecule has 0 aromatic heterocycles. The van der Waals surface area contributed by atoms with E-state index < -0.39 is 15.9 Å². The van der Waals surface area contributed by atoms with Gasteiger partial charge in [0.05, 0.1) is 4.90 Å². The van der Waals surface area contributed by atoms with Gasteiger partial charge in [-0.15, -0.1) is 0 Å². The van der Waals surface area contributed by atoms with E-state index in [0.29, 0.717) is 18.7 Å². The molecule has 0 saturated carbocycles. The van der Waals surface area contributed by atoms with E-state index in [1.165, 1.54) is 34.6 Å². The van der Waals surface area contributed by atoms with Crippen LogP contribution < -0.4 is 10.2 Å². The Balaban J connectivity index is 1.41. The molecule has 0 aliphatic carbocycles. The Kier molecular flexibility index (Phi) is 6.95. The molecule has 1 amide bonds. The molecule has 3 aromatic rings. The molecule has 178 valence electrons. The first kappa shape index (κ1) is 23.8. The van der Waals surface area contributed by atoms with Gasteiger partial charge in [0.25, 0.3) is 5.91 Å². The molecule has 3 aromatic carbocycles. The zero-order valence-electron chi connectivity index (χ0n) is 18.7. The van der Waals surface area contributed by atoms with Crippen molar-refractivity contribution in [2.24, 2.45) is 0 Å². The standard InChI is InChI=1S/C25H25F2N3O3S/c1-18-15-19(5-10-24(18)27)17-28-25(31)20-3-2-4-23(16-20)34(32,33)30-13-11-29(12-14-30)22-8-6-21(26)7-9-22/h2-10,15-16H,11-14,17H2,1H3,(H,28,31). The minimum absolute atomic E-state index is 0.0491. The van der Waals surface area contributed by atoms with E-state index in [1.807, 2.05) is 4.90 Å². The number of hydrogen-bond acceptors (Lipinski definition) is 4. The number of aryl methyl sites for hydroxylation is 1. The summed E-state index contributed by atoms with van der Waals surface area (Å²) in [6, 6.07) is 16.6. The molecule has 1 heterocycles. The van der Waals surface area contributed by atoms with Gasteiger partial charge in [0.15, 0.2) is 0 Å². The maximum Gasteiger partial charge on any atom is 0.251 e. The number of rotatable bonds is 6. The molecular weight excluding hydrogens is 460 g/mol. The number of piperazine rings is 1. The van der Waals surface area contributed by atoms with Crippen molar-refractivity contribution in [3.8, 4) is 0 Å². The molecule has 0 bridgehead atoms. The number of carbonyl (C=O) groups is 1. The van der Waals surface area contributed by atoms with Crippen LogP contribution in [0.2, 0.25) is 0 Å². The van der Waals surface area contributed by atoms with Gasteiger partial charge in [0, 0.05) is 44.0 Å². The van der Waals surface area contributed by atoms with Crippen molar-refractivity contribution < 1.29 is 22.0 Å². The molecule has 1 aliphatic rings. The largest absolute Gasteiger partial charge is 0.369 e. The Hall–Kier alpha value is -3.30. The minimum Gasteiger partial charge on any atom is -0.369 e. The highest BCUT2D eigenvalue weighted by molar-refractivity contribution is 7.89. The van der Waals surface area contributed by atoms with E-state index in [0.717, 1.165) is 11.3 Å². The van der Waals surface area contributed by atoms with Gasteiger partial charge >= 0.3 is 0 Å². The number of anilines is 1. The van der Waals surface area contributed by atoms with Gasteiger partial charge in [-0.3, -0.25) is 4.79 Å². The zero-order chi connectivity index (χ0) is 24.3. The first-order valence-corrected chi connectivity index (χ1v) is 12.3. The average Bonchev–Trinajstić information content (AvgIpc) is 2.85. The van der Waals surface area contributed by atoms with Crippen molar-refractivity contribution in [1.82, 2.24) is 9.62 Å². The molecular formula is C25H25F2N3O3S. The SMILES string of the molecule is Cc1cc(CNC(=O)c2cccc(S(=O)(=O)N3CCN(c4ccc(F)cc4)CC3)c2)ccc1F. The molecule has 34 heavy (non-hydrogen) atoms. The van der Waals surface area contributed by atoms with Gasteiger partial charge in [-0.25, -0.2) is 17.2 Å². The zero-order valence-corrected chi connectivity index (χ0v) is 19.5. The number of nitrogens with one attached hydrogen (secondary N) is 1. The van der Waals surface area contributed by atoms with Crippen molar-refractivity contribution in [2.75, 3.05) is 31.1 Å². The highest BCUT2D eigenvalue weighted by Gasteiger charge is 2.29. The summed E-state index contributed by atoms with van der Waals surface area (Å²) in [7, 11) is -3.78. The Morgan fingerprint density at radius 1 is 0.941 bits per heavy atom. The van der Waals surface area contributed by atoms with E-state index in [-0.39, 0.29) is 41.7 Å². The van der Waals surface area contributed by atoms with Crippen molar-refractivity contribution >= 4 is 21.6 Å². The number of amides is 1. The molecule has 0 spiro atoms. The number of nitrogens with zero attached hydrogens (tertiary/aromatic N) is 2. The van der Waals surface area contributed by atoms with E-state index in [2.05, 4.69) is 5.32 Å². The van der Waals surface area contributed by atoms with Crippen LogP contribution in [0.4, 0.5) is 14.5 Å². The fraction of sp³-hybridized carbons (Fsp3) is 0.240. The third-order valence-corrected chi connectivity index (χ3v) is 7.73. The van der Waals surface area contributed by atoms with Gasteiger partial charge in [0.1, 0.15) is 11.6 Å². The normalized spacial score (nSPS) is 14.7. The van der Waals surface area contributed by atoms with Gasteiger partial charge in [-0.05, 0) is 66.6 Å². The molecule has 1 aliphatic heterocycles. The molecule has 1 fully saturated rings. The maximum absolute atomic E-state index is 13.4. The summed E-state index contributed by atoms with van der Waals surface area (Å²) in [5.41, 5.74) is 2.30. The van der Waals surface area contributed by atoms with Gasteiger partial charge < -0.3 is 10.2 Å². The average molecular weight is 486 g/mol. The monoisotopic (exact) mass is 485 g/mol. The number of halogens is 2. The Labute approximate surface area is 197 Å². The molecule has 6 nitrogen and oxygen atoms in total. The lowest BCUT2D eigenvalue weighted by Gasteiger charge is -2.35. The quantitative estimate of drug-likeness (QED) is 0.578. The topological polar surface area (TPSA) is 69.7 Å². The minimum atomic E-state index is -3.78. The third kappa shape index (κ3) is 5.26. The Morgan fingerprint density at radius 2 is 1.65 bits per heavy atom. The van der Waals surface area contributed by atoms with Crippen LogP contribution in [0.5, 0.6) is 0 Å². The number of carbonyl (C=O) groups excluding carboxylic acids is 1. The first-order chi connectivity index (χ1) is 16.2. The molecule has 4 rings (SSSR count). The van der Waals surface area contributed by atoms with Crippen LogP contribution in [0.25, 0.3) is 0 Å². The van der Waals surface area contributed by atoms with E-state index in [9.17, 15) is 22.0 Å². The number of sulfonamides is 1. The summed E-state index contributed by atoms with van der Waals surface area (Å²) in [6.07, 6.45) is 0. The van der Waals surface area contributed by atoms with Gasteiger partial charge in [0.2, 0.25) is 10.0 Å². The lowest BCUT2D eigenvalue weighted by Crippen LogP contribution is -2.48. The molecule has 0 atom stereocenters. The summed E-state index contributed by atoms with van der Waals surface area (Å²) in [5.74, 6) is -1.05. The van der Waals surface area contributed by atoms with Gasteiger partial charge in [-0.2, -0.15) is 4.31 Å². The number of benzene rings is 3. The summed E-state index contributed by atoms with van der Waals surface area (Å²) in [6.45, 7) is 3.35. The van der Waals surface area contributed by atoms with Crippen LogP contribution in [-0.4, -0.2) is 44.8 Å². The summed E-state index contributed by atoms with van der Waals surface area (Å²) in [5, 5.41) is 2.74. The van der Waals surface area contributed by atoms with Crippen LogP contribution in [0.3, 0.4) is 0 Å². The van der Waals surface area contributed by atoms with Crippen molar-refractivity contribution in [2.45, 2.75) is 18.4 Å². The van der Waals surface area contributed by atoms with Gasteiger partial charge in [-0.1, -0.05) is 18.2 Å². The summed E-state index contributed by atoms with van der Waals surface area (Å²) in [4.78, 5) is 14.7. The van der Waals surface area contributed by atoms with Crippen molar-refractivity contribution in [3.63, 3.8) is 0 Å². The first-order valence-electron chi connectivity index (χ1n) is 10.9. The second-order valence-corrected chi connectivity index (χ2v) is 10.1. The lowest BCUT2D eigenvalue weighted by molar-refractivity contribution is 0.0950. The summed E-state index contributed by atoms with van der Waals surface area (Å²) >= 11 is 0. The van der Waals surface area contributed by atoms with Crippen LogP contribution >= 0.6 is 0 Å². The van der Waals surface area contributed by atoms with Crippen LogP contribution in [-0.2, 0) is 16.6 Å². The van der Waals surface area contributed by atoms with Crippen LogP contribution in [0.1, 0.15) is 21.5 Å². The highest BCUT2D eigenvalue weighted by Crippen LogP contribution is 2.22. The smallest absolute Gasteiger partial charge is 0.251 e. The maximum atomic E-state index is 13.4. The molecule has 1 saturated heterocycles. The highest BCUT2D eigenvalue weighted by atomic mass is 32.2. The predicted molar refractivity (Wildman–Crippen MR) is 126 cm³/mol. The third-order valence-electron chi connectivity index (χ3n) is 5.84. The van der Waals surface area contributed by atoms with Crippen LogP contribution in [0, 0.1) is 18.6 Å². The summed E-state index contributed by atoms with van der Waals surface area (Å²) < 4.78 is 54.4. The molecule has 9 heteroatoms. The van der Waals surface area contributed by atoms with Crippen molar-refractivity contribution in [3.05, 3.63) is 95.1 Å². The predicted octanol–water partition coefficient (Wildman–Crippen LogP) is 3.71. The molecule has 1 N–H and O–H groups in total. The van der Waals surface area contributed by atoms with E-state index in [1.54, 1.807) is 43.3 Å². The van der Waals surface area contributed by atoms with Crippen LogP contribution in [0.15, 0.2) is 71.6 Å². The Bertz CT molecular complexity index is 1290. The van der Waals surface area contributed by atoms with E-state index in [4.69, 9.17) is 0 Å². The fourth-order valence-corrected chi connectivity index (χ4v) is 5.36. The number of hydrogen-bond donors (Lipinski definition) is 1. The fourth-order valence-electron chi connectivity index (χ4n) is 3.89. The lowest BCUT2D eigenvalue weighted by atomic mass is 10.1. The molecule has 0 radical (unpaired) electrons. The molecule has 0 unspecified atom stereocenters.